The van der Waals surface area contributed by atoms with Crippen LogP contribution in [-0.2, 0) is 4.79 Å². The van der Waals surface area contributed by atoms with Crippen LogP contribution < -0.4 is 11.1 Å². The molecular weight excluding hydrogens is 279 g/mol. The fourth-order valence-electron chi connectivity index (χ4n) is 0.877. The van der Waals surface area contributed by atoms with Crippen molar-refractivity contribution in [3.05, 3.63) is 27.7 Å². The van der Waals surface area contributed by atoms with Crippen molar-refractivity contribution in [1.29, 1.82) is 0 Å². The number of rotatable bonds is 2. The van der Waals surface area contributed by atoms with E-state index in [-0.39, 0.29) is 5.91 Å². The summed E-state index contributed by atoms with van der Waals surface area (Å²) in [6.45, 7) is 3.28. The van der Waals surface area contributed by atoms with Crippen LogP contribution in [0.5, 0.6) is 0 Å². The molecule has 0 bridgehead atoms. The van der Waals surface area contributed by atoms with E-state index in [1.807, 2.05) is 0 Å². The molecule has 0 fully saturated rings. The minimum atomic E-state index is -0.915. The molecule has 3 nitrogen and oxygen atoms in total. The standard InChI is InChI=1S/C10H12BrClN2O/c1-10(2,13)9(15)14-8-5-6(12)3-4-7(8)11/h3-5H,13H2,1-2H3,(H,14,15). The molecule has 1 rings (SSSR count). The van der Waals surface area contributed by atoms with Crippen LogP contribution in [0.25, 0.3) is 0 Å². The fourth-order valence-corrected chi connectivity index (χ4v) is 1.39. The predicted molar refractivity (Wildman–Crippen MR) is 66.0 cm³/mol. The Balaban J connectivity index is 2.90. The average molecular weight is 292 g/mol. The zero-order valence-corrected chi connectivity index (χ0v) is 10.8. The molecule has 0 saturated heterocycles. The number of carbonyl (C=O) groups excluding carboxylic acids is 1. The zero-order valence-electron chi connectivity index (χ0n) is 8.47. The van der Waals surface area contributed by atoms with Gasteiger partial charge >= 0.3 is 0 Å². The molecular formula is C10H12BrClN2O. The van der Waals surface area contributed by atoms with Crippen molar-refractivity contribution in [2.45, 2.75) is 19.4 Å². The maximum atomic E-state index is 11.6. The van der Waals surface area contributed by atoms with Crippen molar-refractivity contribution in [1.82, 2.24) is 0 Å². The Morgan fingerprint density at radius 1 is 1.53 bits per heavy atom. The van der Waals surface area contributed by atoms with E-state index in [1.165, 1.54) is 0 Å². The molecule has 5 heteroatoms. The van der Waals surface area contributed by atoms with Gasteiger partial charge in [0.1, 0.15) is 0 Å². The van der Waals surface area contributed by atoms with Crippen molar-refractivity contribution >= 4 is 39.1 Å². The number of halogens is 2. The van der Waals surface area contributed by atoms with Crippen LogP contribution in [0.3, 0.4) is 0 Å². The summed E-state index contributed by atoms with van der Waals surface area (Å²) in [6.07, 6.45) is 0. The summed E-state index contributed by atoms with van der Waals surface area (Å²) in [5, 5.41) is 3.25. The number of hydrogen-bond donors (Lipinski definition) is 2. The van der Waals surface area contributed by atoms with Crippen molar-refractivity contribution in [2.75, 3.05) is 5.32 Å². The molecule has 3 N–H and O–H groups in total. The fraction of sp³-hybridized carbons (Fsp3) is 0.300. The van der Waals surface area contributed by atoms with Crippen LogP contribution in [0.4, 0.5) is 5.69 Å². The normalized spacial score (nSPS) is 11.3. The van der Waals surface area contributed by atoms with E-state index in [9.17, 15) is 4.79 Å². The van der Waals surface area contributed by atoms with Gasteiger partial charge in [-0.15, -0.1) is 0 Å². The number of nitrogens with two attached hydrogens (primary N) is 1. The minimum Gasteiger partial charge on any atom is -0.323 e. The Bertz CT molecular complexity index is 387. The largest absolute Gasteiger partial charge is 0.323 e. The van der Waals surface area contributed by atoms with Gasteiger partial charge in [-0.1, -0.05) is 11.6 Å². The molecule has 1 aromatic carbocycles. The van der Waals surface area contributed by atoms with Crippen molar-refractivity contribution in [3.8, 4) is 0 Å². The van der Waals surface area contributed by atoms with Crippen LogP contribution in [-0.4, -0.2) is 11.4 Å². The van der Waals surface area contributed by atoms with Gasteiger partial charge < -0.3 is 11.1 Å². The maximum Gasteiger partial charge on any atom is 0.243 e. The third kappa shape index (κ3) is 3.48. The second-order valence-electron chi connectivity index (χ2n) is 3.80. The summed E-state index contributed by atoms with van der Waals surface area (Å²) in [5.41, 5.74) is 5.36. The second-order valence-corrected chi connectivity index (χ2v) is 5.09. The van der Waals surface area contributed by atoms with Crippen LogP contribution >= 0.6 is 27.5 Å². The highest BCUT2D eigenvalue weighted by molar-refractivity contribution is 9.10. The van der Waals surface area contributed by atoms with E-state index in [0.29, 0.717) is 10.7 Å². The van der Waals surface area contributed by atoms with Crippen molar-refractivity contribution in [3.63, 3.8) is 0 Å². The lowest BCUT2D eigenvalue weighted by Crippen LogP contribution is -2.45. The molecule has 15 heavy (non-hydrogen) atoms. The quantitative estimate of drug-likeness (QED) is 0.880. The van der Waals surface area contributed by atoms with E-state index in [1.54, 1.807) is 32.0 Å². The van der Waals surface area contributed by atoms with E-state index in [2.05, 4.69) is 21.2 Å². The number of benzene rings is 1. The molecule has 0 unspecified atom stereocenters. The van der Waals surface area contributed by atoms with Crippen molar-refractivity contribution in [2.24, 2.45) is 5.73 Å². The molecule has 0 atom stereocenters. The van der Waals surface area contributed by atoms with E-state index in [4.69, 9.17) is 17.3 Å². The lowest BCUT2D eigenvalue weighted by Gasteiger charge is -2.18. The van der Waals surface area contributed by atoms with Crippen LogP contribution in [0, 0.1) is 0 Å². The first-order valence-corrected chi connectivity index (χ1v) is 5.53. The molecule has 0 heterocycles. The number of hydrogen-bond acceptors (Lipinski definition) is 2. The molecule has 1 aromatic rings. The van der Waals surface area contributed by atoms with Crippen LogP contribution in [0.15, 0.2) is 22.7 Å². The Morgan fingerprint density at radius 2 is 2.13 bits per heavy atom. The molecule has 0 aliphatic carbocycles. The Kier molecular flexibility index (Phi) is 3.76. The summed E-state index contributed by atoms with van der Waals surface area (Å²) >= 11 is 9.12. The van der Waals surface area contributed by atoms with Gasteiger partial charge in [-0.3, -0.25) is 4.79 Å². The summed E-state index contributed by atoms with van der Waals surface area (Å²) in [7, 11) is 0. The SMILES string of the molecule is CC(C)(N)C(=O)Nc1cc(Cl)ccc1Br. The summed E-state index contributed by atoms with van der Waals surface area (Å²) < 4.78 is 0.768. The number of amides is 1. The molecule has 82 valence electrons. The zero-order chi connectivity index (χ0) is 11.6. The number of anilines is 1. The maximum absolute atomic E-state index is 11.6. The molecule has 0 radical (unpaired) electrons. The van der Waals surface area contributed by atoms with Gasteiger partial charge in [-0.2, -0.15) is 0 Å². The highest BCUT2D eigenvalue weighted by Gasteiger charge is 2.22. The molecule has 0 aliphatic heterocycles. The Labute approximate surface area is 102 Å². The van der Waals surface area contributed by atoms with Gasteiger partial charge in [-0.05, 0) is 48.0 Å². The van der Waals surface area contributed by atoms with Gasteiger partial charge in [0.05, 0.1) is 11.2 Å². The first-order valence-electron chi connectivity index (χ1n) is 4.36. The second kappa shape index (κ2) is 4.51. The van der Waals surface area contributed by atoms with E-state index >= 15 is 0 Å². The van der Waals surface area contributed by atoms with Gasteiger partial charge in [0.15, 0.2) is 0 Å². The number of carbonyl (C=O) groups is 1. The van der Waals surface area contributed by atoms with Gasteiger partial charge in [0, 0.05) is 9.50 Å². The Hall–Kier alpha value is -0.580. The lowest BCUT2D eigenvalue weighted by molar-refractivity contribution is -0.120. The predicted octanol–water partition coefficient (Wildman–Crippen LogP) is 2.78. The highest BCUT2D eigenvalue weighted by atomic mass is 79.9. The smallest absolute Gasteiger partial charge is 0.243 e. The van der Waals surface area contributed by atoms with Crippen LogP contribution in [0.1, 0.15) is 13.8 Å². The van der Waals surface area contributed by atoms with Gasteiger partial charge in [0.2, 0.25) is 5.91 Å². The third-order valence-electron chi connectivity index (χ3n) is 1.76. The minimum absolute atomic E-state index is 0.259. The van der Waals surface area contributed by atoms with Crippen LogP contribution in [0.2, 0.25) is 5.02 Å². The molecule has 0 saturated carbocycles. The van der Waals surface area contributed by atoms with Gasteiger partial charge in [-0.25, -0.2) is 0 Å². The van der Waals surface area contributed by atoms with E-state index in [0.717, 1.165) is 4.47 Å². The lowest BCUT2D eigenvalue weighted by atomic mass is 10.1. The average Bonchev–Trinajstić information content (AvgIpc) is 2.09. The summed E-state index contributed by atoms with van der Waals surface area (Å²) in [5.74, 6) is -0.259. The van der Waals surface area contributed by atoms with Crippen molar-refractivity contribution < 1.29 is 4.79 Å². The van der Waals surface area contributed by atoms with E-state index < -0.39 is 5.54 Å². The molecule has 0 aliphatic rings. The Morgan fingerprint density at radius 3 is 2.67 bits per heavy atom. The molecule has 1 amide bonds. The molecule has 0 spiro atoms. The van der Waals surface area contributed by atoms with Gasteiger partial charge in [0.25, 0.3) is 0 Å². The molecule has 0 aromatic heterocycles. The topological polar surface area (TPSA) is 55.1 Å². The number of nitrogens with one attached hydrogen (secondary N) is 1. The monoisotopic (exact) mass is 290 g/mol. The summed E-state index contributed by atoms with van der Waals surface area (Å²) in [6, 6.07) is 5.16. The summed E-state index contributed by atoms with van der Waals surface area (Å²) in [4.78, 5) is 11.6. The third-order valence-corrected chi connectivity index (χ3v) is 2.69. The first-order chi connectivity index (χ1) is 6.80. The first kappa shape index (κ1) is 12.5. The highest BCUT2D eigenvalue weighted by Crippen LogP contribution is 2.26.